The summed E-state index contributed by atoms with van der Waals surface area (Å²) in [6.45, 7) is 12.1. The predicted molar refractivity (Wildman–Crippen MR) is 259 cm³/mol. The molecule has 11 N–H and O–H groups in total. The fourth-order valence-corrected chi connectivity index (χ4v) is 11.3. The fourth-order valence-electron chi connectivity index (χ4n) is 11.3. The number of aliphatic hydroxyl groups excluding tert-OH is 8. The second kappa shape index (κ2) is 23.4. The van der Waals surface area contributed by atoms with E-state index in [1.807, 2.05) is 0 Å². The van der Waals surface area contributed by atoms with Gasteiger partial charge >= 0.3 is 0 Å². The molecule has 0 bridgehead atoms. The van der Waals surface area contributed by atoms with Crippen LogP contribution in [0.25, 0.3) is 10.8 Å². The van der Waals surface area contributed by atoms with Gasteiger partial charge in [-0.15, -0.1) is 0 Å². The second-order valence-corrected chi connectivity index (χ2v) is 21.7. The third kappa shape index (κ3) is 11.9. The number of phenolic OH excluding ortho intramolecular Hbond substituents is 2. The van der Waals surface area contributed by atoms with Crippen molar-refractivity contribution in [1.82, 2.24) is 0 Å². The van der Waals surface area contributed by atoms with E-state index in [2.05, 4.69) is 0 Å². The Morgan fingerprint density at radius 3 is 1.70 bits per heavy atom. The van der Waals surface area contributed by atoms with Crippen LogP contribution in [0.4, 0.5) is 0 Å². The molecule has 2 aromatic rings. The first-order valence-electron chi connectivity index (χ1n) is 26.0. The van der Waals surface area contributed by atoms with Crippen LogP contribution in [0.15, 0.2) is 12.1 Å². The van der Waals surface area contributed by atoms with Crippen molar-refractivity contribution in [2.24, 2.45) is 5.92 Å². The Morgan fingerprint density at radius 2 is 1.17 bits per heavy atom. The Morgan fingerprint density at radius 1 is 0.684 bits per heavy atom. The lowest BCUT2D eigenvalue weighted by molar-refractivity contribution is -0.334. The van der Waals surface area contributed by atoms with E-state index in [1.165, 1.54) is 46.9 Å². The number of carbonyl (C=O) groups excluding carboxylic acids is 2. The number of rotatable bonds is 15. The van der Waals surface area contributed by atoms with Crippen LogP contribution in [-0.2, 0) is 58.6 Å². The van der Waals surface area contributed by atoms with Gasteiger partial charge in [-0.05, 0) is 84.9 Å². The summed E-state index contributed by atoms with van der Waals surface area (Å²) in [5.41, 5.74) is -1.47. The number of carbonyl (C=O) groups is 2. The van der Waals surface area contributed by atoms with Crippen molar-refractivity contribution in [3.05, 3.63) is 28.8 Å². The summed E-state index contributed by atoms with van der Waals surface area (Å²) in [6, 6.07) is 3.03. The molecule has 25 atom stereocenters. The van der Waals surface area contributed by atoms with Gasteiger partial charge in [0.05, 0.1) is 77.6 Å². The number of benzene rings is 2. The number of ketones is 2. The topological polar surface area (TPSA) is 358 Å². The van der Waals surface area contributed by atoms with Crippen LogP contribution in [-0.4, -0.2) is 222 Å². The maximum absolute atomic E-state index is 15.0. The number of fused-ring (bicyclic) bond motifs is 2. The standard InChI is InChI=1S/C52H76O24/c1-18-29(72-34-14-30(43(58)21(4)68-34)73-33-13-28(54)42(57)20(3)67-33)12-26-10-25-11-27(49(66-9)48(63)41(56)19(2)53)50(47(62)39(25)46(61)38(26)40(18)55)76-36-16-31(44(59)23(6)70-36)74-35-15-32(45(60)22(5)69-35)75-37-17-52(8,65)51(64)24(7)71-37/h10,12,19-24,27-28,30-37,41-45,49-51,53-61,64-65H,11,13-17H2,1-9H3/t19-,20?,21?,22?,23?,24?,27?,28?,30?,31?,32?,33?,34?,35?,36?,37?,41+,42?,43?,44?,45?,49+,50+,51?,52?/m1/s1. The van der Waals surface area contributed by atoms with Gasteiger partial charge in [-0.1, -0.05) is 0 Å². The molecule has 0 radical (unpaired) electrons. The first-order chi connectivity index (χ1) is 35.7. The lowest BCUT2D eigenvalue weighted by Crippen LogP contribution is -2.58. The van der Waals surface area contributed by atoms with Gasteiger partial charge in [0.1, 0.15) is 66.1 Å². The minimum Gasteiger partial charge on any atom is -0.507 e. The van der Waals surface area contributed by atoms with E-state index in [-0.39, 0.29) is 71.7 Å². The third-order valence-corrected chi connectivity index (χ3v) is 15.9. The lowest BCUT2D eigenvalue weighted by atomic mass is 9.75. The van der Waals surface area contributed by atoms with Gasteiger partial charge in [0.2, 0.25) is 6.29 Å². The molecule has 5 heterocycles. The molecule has 24 heteroatoms. The normalized spacial score (nSPS) is 42.5. The average Bonchev–Trinajstić information content (AvgIpc) is 3.38. The highest BCUT2D eigenvalue weighted by Crippen LogP contribution is 2.47. The number of hydrogen-bond acceptors (Lipinski definition) is 24. The molecule has 5 fully saturated rings. The number of Topliss-reactive ketones (excluding diaryl/α,β-unsaturated/α-hetero) is 2. The molecule has 5 saturated heterocycles. The molecule has 5 aliphatic heterocycles. The predicted octanol–water partition coefficient (Wildman–Crippen LogP) is -0.249. The van der Waals surface area contributed by atoms with Gasteiger partial charge in [-0.25, -0.2) is 0 Å². The highest BCUT2D eigenvalue weighted by molar-refractivity contribution is 6.11. The van der Waals surface area contributed by atoms with Crippen molar-refractivity contribution in [1.29, 1.82) is 0 Å². The molecule has 1 aliphatic carbocycles. The minimum atomic E-state index is -1.95. The zero-order chi connectivity index (χ0) is 55.6. The molecule has 0 aromatic heterocycles. The van der Waals surface area contributed by atoms with Gasteiger partial charge in [0.15, 0.2) is 36.7 Å². The maximum Gasteiger partial charge on any atom is 0.202 e. The first-order valence-corrected chi connectivity index (χ1v) is 26.0. The van der Waals surface area contributed by atoms with E-state index in [1.54, 1.807) is 27.7 Å². The average molecular weight is 1090 g/mol. The lowest BCUT2D eigenvalue weighted by Gasteiger charge is -2.46. The van der Waals surface area contributed by atoms with Crippen molar-refractivity contribution in [3.8, 4) is 17.2 Å². The largest absolute Gasteiger partial charge is 0.507 e. The maximum atomic E-state index is 15.0. The van der Waals surface area contributed by atoms with Crippen molar-refractivity contribution >= 4 is 22.3 Å². The number of ether oxygens (including phenoxy) is 11. The zero-order valence-corrected chi connectivity index (χ0v) is 44.0. The molecule has 2 aromatic carbocycles. The van der Waals surface area contributed by atoms with E-state index in [4.69, 9.17) is 52.1 Å². The molecular formula is C52H76O24. The Balaban J connectivity index is 1.04. The highest BCUT2D eigenvalue weighted by Gasteiger charge is 2.51. The van der Waals surface area contributed by atoms with Crippen LogP contribution < -0.4 is 4.74 Å². The second-order valence-electron chi connectivity index (χ2n) is 21.7. The summed E-state index contributed by atoms with van der Waals surface area (Å²) in [7, 11) is 1.18. The van der Waals surface area contributed by atoms with Crippen molar-refractivity contribution < 1.29 is 118 Å². The summed E-state index contributed by atoms with van der Waals surface area (Å²) in [6.07, 6.45) is -27.0. The summed E-state index contributed by atoms with van der Waals surface area (Å²) in [4.78, 5) is 28.9. The quantitative estimate of drug-likeness (QED) is 0.110. The van der Waals surface area contributed by atoms with E-state index >= 15 is 4.79 Å². The number of methoxy groups -OCH3 is 1. The molecule has 428 valence electrons. The summed E-state index contributed by atoms with van der Waals surface area (Å²) in [5, 5.41) is 120. The Labute approximate surface area is 439 Å². The molecule has 8 rings (SSSR count). The third-order valence-electron chi connectivity index (χ3n) is 15.9. The number of aliphatic hydroxyl groups is 9. The van der Waals surface area contributed by atoms with Gasteiger partial charge in [0.25, 0.3) is 0 Å². The van der Waals surface area contributed by atoms with Crippen LogP contribution in [0.1, 0.15) is 102 Å². The van der Waals surface area contributed by atoms with E-state index in [9.17, 15) is 61.0 Å². The SMILES string of the molecule is CO[C@H](C(=O)[C@@H](O)[C@@H](C)O)C1Cc2cc3cc(OC4CC(OC5CC(O)C(O)C(C)O5)C(O)C(C)O4)c(C)c(O)c3c(O)c2C(=O)[C@H]1OC1CC(OC2CC(OC3CC(C)(O)C(O)C(C)O3)C(O)C(C)O2)C(O)C(C)O1. The fraction of sp³-hybridized carbons (Fsp3) is 0.769. The molecular weight excluding hydrogens is 1010 g/mol. The Bertz CT molecular complexity index is 2350. The molecule has 24 nitrogen and oxygen atoms in total. The molecule has 76 heavy (non-hydrogen) atoms. The summed E-state index contributed by atoms with van der Waals surface area (Å²) in [5.74, 6) is -4.07. The smallest absolute Gasteiger partial charge is 0.202 e. The van der Waals surface area contributed by atoms with E-state index in [0.29, 0.717) is 0 Å². The van der Waals surface area contributed by atoms with Gasteiger partial charge in [-0.2, -0.15) is 0 Å². The van der Waals surface area contributed by atoms with Gasteiger partial charge in [0, 0.05) is 50.7 Å². The molecule has 6 aliphatic rings. The summed E-state index contributed by atoms with van der Waals surface area (Å²) < 4.78 is 66.5. The number of aromatic hydroxyl groups is 2. The van der Waals surface area contributed by atoms with Crippen LogP contribution >= 0.6 is 0 Å². The van der Waals surface area contributed by atoms with Crippen LogP contribution in [0.5, 0.6) is 17.2 Å². The molecule has 21 unspecified atom stereocenters. The van der Waals surface area contributed by atoms with Gasteiger partial charge in [-0.3, -0.25) is 9.59 Å². The summed E-state index contributed by atoms with van der Waals surface area (Å²) >= 11 is 0. The highest BCUT2D eigenvalue weighted by atomic mass is 16.7. The monoisotopic (exact) mass is 1080 g/mol. The van der Waals surface area contributed by atoms with Crippen molar-refractivity contribution in [2.75, 3.05) is 7.11 Å². The van der Waals surface area contributed by atoms with E-state index in [0.717, 1.165) is 0 Å². The number of phenols is 2. The molecule has 0 spiro atoms. The van der Waals surface area contributed by atoms with Crippen molar-refractivity contribution in [3.63, 3.8) is 0 Å². The van der Waals surface area contributed by atoms with E-state index < -0.39 is 176 Å². The minimum absolute atomic E-state index is 0.0365. The number of hydrogen-bond donors (Lipinski definition) is 11. The van der Waals surface area contributed by atoms with Crippen LogP contribution in [0.2, 0.25) is 0 Å². The van der Waals surface area contributed by atoms with Crippen molar-refractivity contribution in [2.45, 2.75) is 241 Å². The Hall–Kier alpha value is -3.32. The van der Waals surface area contributed by atoms with Gasteiger partial charge < -0.3 is 108 Å². The Kier molecular flexibility index (Phi) is 18.1. The van der Waals surface area contributed by atoms with Crippen LogP contribution in [0.3, 0.4) is 0 Å². The molecule has 0 saturated carbocycles. The zero-order valence-electron chi connectivity index (χ0n) is 44.0. The molecule has 0 amide bonds. The van der Waals surface area contributed by atoms with Crippen LogP contribution in [0, 0.1) is 12.8 Å². The first kappa shape index (κ1) is 58.8.